The highest BCUT2D eigenvalue weighted by atomic mass is 19.1. The Balaban J connectivity index is 1.21. The first-order chi connectivity index (χ1) is 16.8. The molecule has 0 bridgehead atoms. The number of aromatic nitrogens is 3. The molecule has 6 rings (SSSR count). The van der Waals surface area contributed by atoms with Crippen molar-refractivity contribution in [1.82, 2.24) is 19.4 Å². The Morgan fingerprint density at radius 2 is 1.56 bits per heavy atom. The molecule has 1 aliphatic heterocycles. The zero-order valence-electron chi connectivity index (χ0n) is 19.1. The highest BCUT2D eigenvalue weighted by Gasteiger charge is 2.29. The van der Waals surface area contributed by atoms with E-state index in [2.05, 4.69) is 51.0 Å². The number of piperazine rings is 1. The van der Waals surface area contributed by atoms with Crippen LogP contribution >= 0.6 is 0 Å². The molecule has 0 saturated carbocycles. The molecule has 3 heterocycles. The van der Waals surface area contributed by atoms with Gasteiger partial charge in [-0.1, -0.05) is 42.5 Å². The van der Waals surface area contributed by atoms with E-state index in [1.807, 2.05) is 30.5 Å². The summed E-state index contributed by atoms with van der Waals surface area (Å²) in [6, 6.07) is 19.5. The van der Waals surface area contributed by atoms with E-state index in [0.717, 1.165) is 73.2 Å². The number of hydrogen-bond donors (Lipinski definition) is 0. The lowest BCUT2D eigenvalue weighted by atomic mass is 9.78. The third kappa shape index (κ3) is 3.99. The number of benzene rings is 2. The van der Waals surface area contributed by atoms with E-state index in [-0.39, 0.29) is 11.7 Å². The fourth-order valence-corrected chi connectivity index (χ4v) is 5.26. The van der Waals surface area contributed by atoms with Crippen LogP contribution in [0.3, 0.4) is 0 Å². The molecule has 0 radical (unpaired) electrons. The molecule has 2 aliphatic rings. The Morgan fingerprint density at radius 3 is 2.35 bits per heavy atom. The molecule has 6 heteroatoms. The van der Waals surface area contributed by atoms with Crippen LogP contribution < -0.4 is 4.90 Å². The quantitative estimate of drug-likeness (QED) is 0.443. The molecule has 2 aromatic heterocycles. The average Bonchev–Trinajstić information content (AvgIpc) is 3.41. The summed E-state index contributed by atoms with van der Waals surface area (Å²) in [6.07, 6.45) is 6.90. The van der Waals surface area contributed by atoms with Crippen molar-refractivity contribution < 1.29 is 4.39 Å². The van der Waals surface area contributed by atoms with E-state index in [9.17, 15) is 4.39 Å². The van der Waals surface area contributed by atoms with E-state index >= 15 is 0 Å². The van der Waals surface area contributed by atoms with Gasteiger partial charge in [-0.3, -0.25) is 4.90 Å². The van der Waals surface area contributed by atoms with Crippen molar-refractivity contribution in [3.8, 4) is 11.3 Å². The van der Waals surface area contributed by atoms with E-state index in [0.29, 0.717) is 6.42 Å². The van der Waals surface area contributed by atoms with Gasteiger partial charge in [-0.2, -0.15) is 0 Å². The van der Waals surface area contributed by atoms with Crippen molar-refractivity contribution in [2.24, 2.45) is 0 Å². The third-order valence-corrected chi connectivity index (χ3v) is 7.14. The SMILES string of the molecule is Fc1ccccc1C1Cc2cnc(N3CCN(CCn4cccc4)CC3)nc2-c2ccccc21. The van der Waals surface area contributed by atoms with Crippen LogP contribution in [-0.4, -0.2) is 52.2 Å². The Labute approximate surface area is 199 Å². The van der Waals surface area contributed by atoms with Gasteiger partial charge in [0.1, 0.15) is 5.82 Å². The summed E-state index contributed by atoms with van der Waals surface area (Å²) < 4.78 is 16.9. The Bertz CT molecular complexity index is 1280. The molecule has 1 atom stereocenters. The lowest BCUT2D eigenvalue weighted by Gasteiger charge is -2.35. The first-order valence-electron chi connectivity index (χ1n) is 12.0. The monoisotopic (exact) mass is 453 g/mol. The minimum atomic E-state index is -0.155. The zero-order chi connectivity index (χ0) is 22.9. The number of hydrogen-bond acceptors (Lipinski definition) is 4. The van der Waals surface area contributed by atoms with E-state index < -0.39 is 0 Å². The van der Waals surface area contributed by atoms with Gasteiger partial charge in [-0.05, 0) is 41.3 Å². The molecule has 1 fully saturated rings. The van der Waals surface area contributed by atoms with Crippen LogP contribution in [0.5, 0.6) is 0 Å². The first kappa shape index (κ1) is 21.1. The van der Waals surface area contributed by atoms with E-state index in [4.69, 9.17) is 9.97 Å². The molecule has 34 heavy (non-hydrogen) atoms. The second-order valence-corrected chi connectivity index (χ2v) is 9.16. The second-order valence-electron chi connectivity index (χ2n) is 9.16. The minimum absolute atomic E-state index is 0.0248. The summed E-state index contributed by atoms with van der Waals surface area (Å²) in [5.74, 6) is 0.615. The molecular formula is C28H28FN5. The van der Waals surface area contributed by atoms with Gasteiger partial charge >= 0.3 is 0 Å². The van der Waals surface area contributed by atoms with Crippen LogP contribution in [0.4, 0.5) is 10.3 Å². The van der Waals surface area contributed by atoms with Gasteiger partial charge in [0.05, 0.1) is 5.69 Å². The second kappa shape index (κ2) is 9.03. The topological polar surface area (TPSA) is 37.2 Å². The Kier molecular flexibility index (Phi) is 5.59. The predicted molar refractivity (Wildman–Crippen MR) is 132 cm³/mol. The summed E-state index contributed by atoms with van der Waals surface area (Å²) >= 11 is 0. The Morgan fingerprint density at radius 1 is 0.824 bits per heavy atom. The summed E-state index contributed by atoms with van der Waals surface area (Å²) in [7, 11) is 0. The van der Waals surface area contributed by atoms with Crippen molar-refractivity contribution in [2.75, 3.05) is 37.6 Å². The van der Waals surface area contributed by atoms with Crippen LogP contribution in [0, 0.1) is 5.82 Å². The van der Waals surface area contributed by atoms with Gasteiger partial charge < -0.3 is 9.47 Å². The number of anilines is 1. The van der Waals surface area contributed by atoms with Crippen molar-refractivity contribution in [3.05, 3.63) is 102 Å². The average molecular weight is 454 g/mol. The van der Waals surface area contributed by atoms with Crippen LogP contribution in [0.15, 0.2) is 79.3 Å². The molecule has 4 aromatic rings. The molecule has 0 spiro atoms. The third-order valence-electron chi connectivity index (χ3n) is 7.14. The van der Waals surface area contributed by atoms with Crippen LogP contribution in [-0.2, 0) is 13.0 Å². The molecule has 1 saturated heterocycles. The summed E-state index contributed by atoms with van der Waals surface area (Å²) in [5.41, 5.74) is 5.04. The summed E-state index contributed by atoms with van der Waals surface area (Å²) in [5, 5.41) is 0. The first-order valence-corrected chi connectivity index (χ1v) is 12.0. The summed E-state index contributed by atoms with van der Waals surface area (Å²) in [6.45, 7) is 5.93. The van der Waals surface area contributed by atoms with E-state index in [1.165, 1.54) is 0 Å². The van der Waals surface area contributed by atoms with Gasteiger partial charge in [0.25, 0.3) is 0 Å². The van der Waals surface area contributed by atoms with Crippen LogP contribution in [0.2, 0.25) is 0 Å². The predicted octanol–water partition coefficient (Wildman–Crippen LogP) is 4.59. The van der Waals surface area contributed by atoms with Crippen molar-refractivity contribution in [1.29, 1.82) is 0 Å². The van der Waals surface area contributed by atoms with Gasteiger partial charge in [-0.25, -0.2) is 14.4 Å². The molecule has 0 N–H and O–H groups in total. The number of fused-ring (bicyclic) bond motifs is 3. The zero-order valence-corrected chi connectivity index (χ0v) is 19.1. The number of halogens is 1. The highest BCUT2D eigenvalue weighted by Crippen LogP contribution is 2.42. The van der Waals surface area contributed by atoms with Gasteiger partial charge in [-0.15, -0.1) is 0 Å². The highest BCUT2D eigenvalue weighted by molar-refractivity contribution is 5.72. The van der Waals surface area contributed by atoms with Crippen molar-refractivity contribution in [3.63, 3.8) is 0 Å². The van der Waals surface area contributed by atoms with Gasteiger partial charge in [0.2, 0.25) is 5.95 Å². The standard InChI is InChI=1S/C28H28FN5/c29-26-10-4-3-8-23(26)25-19-21-20-30-28(31-27(21)24-9-2-1-7-22(24)25)34-17-15-33(16-18-34)14-13-32-11-5-6-12-32/h1-12,20,25H,13-19H2. The molecule has 0 amide bonds. The molecule has 172 valence electrons. The largest absolute Gasteiger partial charge is 0.353 e. The maximum Gasteiger partial charge on any atom is 0.225 e. The van der Waals surface area contributed by atoms with Gasteiger partial charge in [0, 0.05) is 69.3 Å². The molecule has 5 nitrogen and oxygen atoms in total. The normalized spacial score (nSPS) is 17.9. The van der Waals surface area contributed by atoms with E-state index in [1.54, 1.807) is 12.1 Å². The van der Waals surface area contributed by atoms with Crippen LogP contribution in [0.25, 0.3) is 11.3 Å². The van der Waals surface area contributed by atoms with Crippen molar-refractivity contribution >= 4 is 5.95 Å². The molecular weight excluding hydrogens is 425 g/mol. The number of rotatable bonds is 5. The number of nitrogens with zero attached hydrogens (tertiary/aromatic N) is 5. The maximum absolute atomic E-state index is 14.7. The maximum atomic E-state index is 14.7. The fraction of sp³-hybridized carbons (Fsp3) is 0.286. The van der Waals surface area contributed by atoms with Gasteiger partial charge in [0.15, 0.2) is 0 Å². The van der Waals surface area contributed by atoms with Crippen LogP contribution in [0.1, 0.15) is 22.6 Å². The lowest BCUT2D eigenvalue weighted by Crippen LogP contribution is -2.47. The van der Waals surface area contributed by atoms with Crippen molar-refractivity contribution in [2.45, 2.75) is 18.9 Å². The molecule has 2 aromatic carbocycles. The molecule has 1 aliphatic carbocycles. The Hall–Kier alpha value is -3.51. The minimum Gasteiger partial charge on any atom is -0.353 e. The fourth-order valence-electron chi connectivity index (χ4n) is 5.26. The summed E-state index contributed by atoms with van der Waals surface area (Å²) in [4.78, 5) is 14.6. The smallest absolute Gasteiger partial charge is 0.225 e. The lowest BCUT2D eigenvalue weighted by molar-refractivity contribution is 0.247. The molecule has 1 unspecified atom stereocenters.